The molecule has 1 N–H and O–H groups in total. The smallest absolute Gasteiger partial charge is 0.289 e. The molecular formula is C50H63N3O9. The third-order valence-electron chi connectivity index (χ3n) is 14.2. The number of benzene rings is 3. The Balaban J connectivity index is 1.20. The number of para-hydroxylation sites is 1. The van der Waals surface area contributed by atoms with Crippen molar-refractivity contribution in [3.63, 3.8) is 0 Å². The summed E-state index contributed by atoms with van der Waals surface area (Å²) in [6, 6.07) is 16.3. The molecule has 332 valence electrons. The maximum atomic E-state index is 15.5. The molecule has 1 aromatic heterocycles. The zero-order valence-corrected chi connectivity index (χ0v) is 37.4. The lowest BCUT2D eigenvalue weighted by Crippen LogP contribution is -2.48. The number of carbonyl (C=O) groups excluding carboxylic acids is 2. The second kappa shape index (κ2) is 18.7. The van der Waals surface area contributed by atoms with Gasteiger partial charge < -0.3 is 38.4 Å². The lowest BCUT2D eigenvalue weighted by atomic mass is 9.72. The number of allylic oxidation sites excluding steroid dienone is 1. The summed E-state index contributed by atoms with van der Waals surface area (Å²) < 4.78 is 37.9. The van der Waals surface area contributed by atoms with Gasteiger partial charge in [0, 0.05) is 69.2 Å². The van der Waals surface area contributed by atoms with Crippen LogP contribution in [-0.4, -0.2) is 98.9 Å². The van der Waals surface area contributed by atoms with E-state index in [0.717, 1.165) is 77.9 Å². The molecule has 12 heteroatoms. The Kier molecular flexibility index (Phi) is 13.2. The first-order valence-electron chi connectivity index (χ1n) is 22.4. The molecule has 0 unspecified atom stereocenters. The first kappa shape index (κ1) is 43.6. The highest BCUT2D eigenvalue weighted by Crippen LogP contribution is 2.50. The molecule has 4 aliphatic rings. The second-order valence-electron chi connectivity index (χ2n) is 17.3. The third kappa shape index (κ3) is 8.05. The van der Waals surface area contributed by atoms with E-state index in [2.05, 4.69) is 36.1 Å². The van der Waals surface area contributed by atoms with Gasteiger partial charge in [-0.15, -0.1) is 0 Å². The van der Waals surface area contributed by atoms with Crippen molar-refractivity contribution < 1.29 is 43.1 Å². The molecule has 0 aliphatic carbocycles. The van der Waals surface area contributed by atoms with Gasteiger partial charge >= 0.3 is 0 Å². The molecule has 4 aromatic rings. The van der Waals surface area contributed by atoms with Gasteiger partial charge in [-0.05, 0) is 122 Å². The van der Waals surface area contributed by atoms with Crippen molar-refractivity contribution in [3.05, 3.63) is 94.4 Å². The second-order valence-corrected chi connectivity index (χ2v) is 17.3. The molecule has 1 amide bonds. The minimum atomic E-state index is -0.740. The Hall–Kier alpha value is -5.04. The zero-order valence-electron chi connectivity index (χ0n) is 37.4. The van der Waals surface area contributed by atoms with Crippen molar-refractivity contribution in [2.45, 2.75) is 90.0 Å². The quantitative estimate of drug-likeness (QED) is 0.133. The number of aromatic nitrogens is 1. The van der Waals surface area contributed by atoms with Crippen molar-refractivity contribution in [2.24, 2.45) is 17.8 Å². The standard InChI is InChI=1S/C50H63N3O9/c1-8-31-28-51-18-16-32-23-44(57-4)46(59-6)25-37(32)42(51)21-34(31)22-43-38-26-47(60-7)45(58-5)24-33(38)17-19-52(43)49(56)48-27-39(36(14-12-20-54)50(62-48)61-9-2)40-29-53(30(3)55)41-15-11-10-13-35(40)41/h10-11,13,15,23-27,29,31,34,36,39,42-43,50,54H,8-9,12,14,16-22,28H2,1-7H3/t31-,34+,36+,39+,42-,43+,50-/m0/s1. The minimum absolute atomic E-state index is 0.0156. The summed E-state index contributed by atoms with van der Waals surface area (Å²) in [4.78, 5) is 33.1. The van der Waals surface area contributed by atoms with Crippen molar-refractivity contribution in [3.8, 4) is 23.0 Å². The summed E-state index contributed by atoms with van der Waals surface area (Å²) in [6.07, 6.45) is 8.60. The van der Waals surface area contributed by atoms with Crippen LogP contribution in [0.5, 0.6) is 23.0 Å². The number of piperidine rings is 1. The fourth-order valence-electron chi connectivity index (χ4n) is 11.1. The molecule has 1 saturated heterocycles. The highest BCUT2D eigenvalue weighted by Gasteiger charge is 2.45. The summed E-state index contributed by atoms with van der Waals surface area (Å²) in [7, 11) is 6.70. The molecule has 5 heterocycles. The fourth-order valence-corrected chi connectivity index (χ4v) is 11.1. The molecule has 3 aromatic carbocycles. The van der Waals surface area contributed by atoms with Crippen LogP contribution in [0.3, 0.4) is 0 Å². The molecule has 8 rings (SSSR count). The molecule has 0 spiro atoms. The average Bonchev–Trinajstić information content (AvgIpc) is 3.69. The number of hydrogen-bond donors (Lipinski definition) is 1. The molecule has 0 bridgehead atoms. The van der Waals surface area contributed by atoms with E-state index in [9.17, 15) is 9.90 Å². The Morgan fingerprint density at radius 1 is 0.839 bits per heavy atom. The van der Waals surface area contributed by atoms with Gasteiger partial charge in [0.1, 0.15) is 0 Å². The number of amides is 1. The predicted octanol–water partition coefficient (Wildman–Crippen LogP) is 8.25. The first-order valence-corrected chi connectivity index (χ1v) is 22.4. The van der Waals surface area contributed by atoms with Gasteiger partial charge in [-0.2, -0.15) is 0 Å². The number of fused-ring (bicyclic) bond motifs is 5. The van der Waals surface area contributed by atoms with Crippen LogP contribution >= 0.6 is 0 Å². The van der Waals surface area contributed by atoms with E-state index in [0.29, 0.717) is 55.7 Å². The van der Waals surface area contributed by atoms with Gasteiger partial charge in [0.25, 0.3) is 5.91 Å². The molecular weight excluding hydrogens is 787 g/mol. The minimum Gasteiger partial charge on any atom is -0.493 e. The number of methoxy groups -OCH3 is 4. The topological polar surface area (TPSA) is 121 Å². The number of hydrogen-bond acceptors (Lipinski definition) is 10. The highest BCUT2D eigenvalue weighted by molar-refractivity contribution is 5.95. The van der Waals surface area contributed by atoms with Gasteiger partial charge in [0.15, 0.2) is 28.8 Å². The van der Waals surface area contributed by atoms with E-state index in [1.54, 1.807) is 39.9 Å². The molecule has 1 fully saturated rings. The Morgan fingerprint density at radius 3 is 2.16 bits per heavy atom. The maximum absolute atomic E-state index is 15.5. The van der Waals surface area contributed by atoms with Crippen LogP contribution in [0.2, 0.25) is 0 Å². The lowest BCUT2D eigenvalue weighted by molar-refractivity contribution is -0.171. The molecule has 0 saturated carbocycles. The molecule has 0 radical (unpaired) electrons. The Morgan fingerprint density at radius 2 is 1.50 bits per heavy atom. The van der Waals surface area contributed by atoms with Crippen LogP contribution in [0.4, 0.5) is 0 Å². The number of nitrogens with zero attached hydrogens (tertiary/aromatic N) is 3. The summed E-state index contributed by atoms with van der Waals surface area (Å²) >= 11 is 0. The van der Waals surface area contributed by atoms with Crippen LogP contribution in [0.25, 0.3) is 10.9 Å². The summed E-state index contributed by atoms with van der Waals surface area (Å²) in [5.41, 5.74) is 6.55. The number of rotatable bonds is 14. The first-order chi connectivity index (χ1) is 30.2. The SMILES string of the molecule is CCO[C@H]1OC(C(=O)N2CCc3cc(OC)c(OC)cc3[C@H]2C[C@H]2C[C@H]3c4cc(OC)c(OC)cc4CCN3C[C@@H]2CC)=C[C@@H](c2cn(C(C)=O)c3ccccc23)[C@H]1CCCO. The van der Waals surface area contributed by atoms with Gasteiger partial charge in [-0.25, -0.2) is 0 Å². The van der Waals surface area contributed by atoms with Crippen LogP contribution < -0.4 is 18.9 Å². The zero-order chi connectivity index (χ0) is 43.7. The van der Waals surface area contributed by atoms with Crippen LogP contribution in [0.1, 0.15) is 103 Å². The normalized spacial score (nSPS) is 24.6. The van der Waals surface area contributed by atoms with E-state index < -0.39 is 6.29 Å². The largest absolute Gasteiger partial charge is 0.493 e. The number of aliphatic hydroxyl groups excluding tert-OH is 1. The fraction of sp³-hybridized carbons (Fsp3) is 0.520. The van der Waals surface area contributed by atoms with E-state index in [-0.39, 0.29) is 48.1 Å². The predicted molar refractivity (Wildman–Crippen MR) is 237 cm³/mol. The highest BCUT2D eigenvalue weighted by atomic mass is 16.7. The van der Waals surface area contributed by atoms with Gasteiger partial charge in [0.05, 0.1) is 40.0 Å². The van der Waals surface area contributed by atoms with E-state index >= 15 is 4.79 Å². The summed E-state index contributed by atoms with van der Waals surface area (Å²) in [5.74, 6) is 2.95. The van der Waals surface area contributed by atoms with E-state index in [4.69, 9.17) is 28.4 Å². The van der Waals surface area contributed by atoms with Crippen LogP contribution in [0, 0.1) is 17.8 Å². The third-order valence-corrected chi connectivity index (χ3v) is 14.2. The Bertz CT molecular complexity index is 2300. The Labute approximate surface area is 365 Å². The molecule has 62 heavy (non-hydrogen) atoms. The van der Waals surface area contributed by atoms with Gasteiger partial charge in [-0.3, -0.25) is 19.1 Å². The molecule has 7 atom stereocenters. The molecule has 12 nitrogen and oxygen atoms in total. The number of aliphatic hydroxyl groups is 1. The number of carbonyl (C=O) groups is 2. The summed E-state index contributed by atoms with van der Waals surface area (Å²) in [6.45, 7) is 8.63. The maximum Gasteiger partial charge on any atom is 0.289 e. The van der Waals surface area contributed by atoms with Crippen molar-refractivity contribution in [2.75, 3.05) is 61.3 Å². The van der Waals surface area contributed by atoms with Crippen molar-refractivity contribution in [1.82, 2.24) is 14.4 Å². The van der Waals surface area contributed by atoms with Gasteiger partial charge in [-0.1, -0.05) is 31.5 Å². The summed E-state index contributed by atoms with van der Waals surface area (Å²) in [5, 5.41) is 10.9. The van der Waals surface area contributed by atoms with Crippen molar-refractivity contribution >= 4 is 22.7 Å². The number of ether oxygens (including phenoxy) is 6. The van der Waals surface area contributed by atoms with E-state index in [1.807, 2.05) is 48.4 Å². The van der Waals surface area contributed by atoms with Crippen molar-refractivity contribution in [1.29, 1.82) is 0 Å². The van der Waals surface area contributed by atoms with E-state index in [1.165, 1.54) is 11.1 Å². The van der Waals surface area contributed by atoms with Gasteiger partial charge in [0.2, 0.25) is 12.2 Å². The monoisotopic (exact) mass is 849 g/mol. The van der Waals surface area contributed by atoms with Crippen LogP contribution in [-0.2, 0) is 27.1 Å². The molecule has 4 aliphatic heterocycles. The van der Waals surface area contributed by atoms with Crippen LogP contribution in [0.15, 0.2) is 66.6 Å². The lowest BCUT2D eigenvalue weighted by Gasteiger charge is -2.49. The average molecular weight is 850 g/mol.